The molecule has 0 aliphatic heterocycles. The van der Waals surface area contributed by atoms with Gasteiger partial charge in [-0.15, -0.1) is 0 Å². The maximum absolute atomic E-state index is 2.22. The van der Waals surface area contributed by atoms with Crippen molar-refractivity contribution in [3.63, 3.8) is 0 Å². The molecule has 0 saturated carbocycles. The molecule has 0 atom stereocenters. The van der Waals surface area contributed by atoms with Crippen molar-refractivity contribution in [1.29, 1.82) is 0 Å². The van der Waals surface area contributed by atoms with Gasteiger partial charge in [-0.1, -0.05) is 146 Å². The largest absolute Gasteiger partial charge is 0.0619 e. The van der Waals surface area contributed by atoms with Crippen molar-refractivity contribution < 1.29 is 0 Å². The number of benzene rings is 6. The molecule has 0 fully saturated rings. The van der Waals surface area contributed by atoms with Gasteiger partial charge in [-0.3, -0.25) is 0 Å². The second-order valence-electron chi connectivity index (χ2n) is 9.33. The van der Waals surface area contributed by atoms with E-state index < -0.39 is 0 Å². The first kappa shape index (κ1) is 22.1. The molecule has 0 bridgehead atoms. The number of rotatable bonds is 0. The Bertz CT molecular complexity index is 1400. The van der Waals surface area contributed by atoms with Crippen LogP contribution in [0.1, 0.15) is 22.3 Å². The highest BCUT2D eigenvalue weighted by Gasteiger charge is 2.16. The molecular weight excluding hydrogens is 432 g/mol. The molecule has 0 saturated heterocycles. The summed E-state index contributed by atoms with van der Waals surface area (Å²) in [7, 11) is 0. The molecule has 0 radical (unpaired) electrons. The molecule has 6 aromatic rings. The van der Waals surface area contributed by atoms with E-state index in [1.807, 2.05) is 0 Å². The zero-order valence-corrected chi connectivity index (χ0v) is 20.3. The molecule has 8 rings (SSSR count). The quantitative estimate of drug-likeness (QED) is 0.211. The summed E-state index contributed by atoms with van der Waals surface area (Å²) in [5.41, 5.74) is 11.5. The molecular formula is C36H28. The topological polar surface area (TPSA) is 0 Å². The Kier molecular flexibility index (Phi) is 6.17. The highest BCUT2D eigenvalue weighted by Crippen LogP contribution is 2.36. The van der Waals surface area contributed by atoms with E-state index in [-0.39, 0.29) is 0 Å². The lowest BCUT2D eigenvalue weighted by molar-refractivity contribution is 1.26. The Morgan fingerprint density at radius 1 is 0.250 bits per heavy atom. The van der Waals surface area contributed by atoms with Gasteiger partial charge >= 0.3 is 0 Å². The lowest BCUT2D eigenvalue weighted by Crippen LogP contribution is -1.77. The summed E-state index contributed by atoms with van der Waals surface area (Å²) < 4.78 is 0. The standard InChI is InChI=1S/2C13H10.C10H8/c2*1-3-7-12-10(5-1)9-11-6-2-4-8-13(11)12;1-2-6-10-8-4-3-7-9(10)5-1/h2*1-8H,9H2;1-8H. The number of hydrogen-bond acceptors (Lipinski definition) is 0. The molecule has 0 heterocycles. The second-order valence-corrected chi connectivity index (χ2v) is 9.33. The molecule has 0 aromatic heterocycles. The van der Waals surface area contributed by atoms with Gasteiger partial charge in [-0.25, -0.2) is 0 Å². The minimum Gasteiger partial charge on any atom is -0.0619 e. The zero-order valence-electron chi connectivity index (χ0n) is 20.3. The maximum atomic E-state index is 2.22. The van der Waals surface area contributed by atoms with E-state index in [9.17, 15) is 0 Å². The van der Waals surface area contributed by atoms with Gasteiger partial charge in [0.15, 0.2) is 0 Å². The summed E-state index contributed by atoms with van der Waals surface area (Å²) in [6, 6.07) is 51.3. The van der Waals surface area contributed by atoms with Gasteiger partial charge < -0.3 is 0 Å². The molecule has 6 aromatic carbocycles. The maximum Gasteiger partial charge on any atom is -0.00135 e. The molecule has 0 nitrogen and oxygen atoms in total. The minimum absolute atomic E-state index is 1.10. The fourth-order valence-electron chi connectivity index (χ4n) is 5.29. The van der Waals surface area contributed by atoms with Crippen LogP contribution in [0.4, 0.5) is 0 Å². The van der Waals surface area contributed by atoms with Crippen molar-refractivity contribution in [2.75, 3.05) is 0 Å². The van der Waals surface area contributed by atoms with Gasteiger partial charge in [-0.2, -0.15) is 0 Å². The van der Waals surface area contributed by atoms with E-state index in [1.54, 1.807) is 0 Å². The molecule has 0 N–H and O–H groups in total. The lowest BCUT2D eigenvalue weighted by Gasteiger charge is -1.98. The molecule has 2 aliphatic carbocycles. The lowest BCUT2D eigenvalue weighted by atomic mass is 10.1. The number of hydrogen-bond donors (Lipinski definition) is 0. The average Bonchev–Trinajstić information content (AvgIpc) is 3.52. The summed E-state index contributed by atoms with van der Waals surface area (Å²) in [5, 5.41) is 2.62. The minimum atomic E-state index is 1.10. The summed E-state index contributed by atoms with van der Waals surface area (Å²) in [6.07, 6.45) is 2.21. The van der Waals surface area contributed by atoms with E-state index >= 15 is 0 Å². The van der Waals surface area contributed by atoms with Gasteiger partial charge in [-0.05, 0) is 68.1 Å². The molecule has 2 aliphatic rings. The first-order valence-corrected chi connectivity index (χ1v) is 12.6. The van der Waals surface area contributed by atoms with Crippen LogP contribution < -0.4 is 0 Å². The van der Waals surface area contributed by atoms with E-state index in [1.165, 1.54) is 55.3 Å². The summed E-state index contributed by atoms with van der Waals surface area (Å²) in [5.74, 6) is 0. The van der Waals surface area contributed by atoms with Crippen molar-refractivity contribution in [3.8, 4) is 22.3 Å². The predicted octanol–water partition coefficient (Wildman–Crippen LogP) is 9.36. The first-order valence-electron chi connectivity index (χ1n) is 12.6. The molecule has 0 amide bonds. The first-order chi connectivity index (χ1) is 17.9. The molecule has 36 heavy (non-hydrogen) atoms. The second kappa shape index (κ2) is 10.1. The van der Waals surface area contributed by atoms with Crippen LogP contribution in [0.2, 0.25) is 0 Å². The van der Waals surface area contributed by atoms with Crippen LogP contribution in [0.25, 0.3) is 33.0 Å². The van der Waals surface area contributed by atoms with Crippen LogP contribution in [-0.2, 0) is 12.8 Å². The normalized spacial score (nSPS) is 11.7. The summed E-state index contributed by atoms with van der Waals surface area (Å²) in [4.78, 5) is 0. The fraction of sp³-hybridized carbons (Fsp3) is 0.0556. The van der Waals surface area contributed by atoms with Crippen LogP contribution in [-0.4, -0.2) is 0 Å². The van der Waals surface area contributed by atoms with Gasteiger partial charge in [0, 0.05) is 0 Å². The van der Waals surface area contributed by atoms with E-state index in [2.05, 4.69) is 146 Å². The van der Waals surface area contributed by atoms with Crippen LogP contribution in [0, 0.1) is 0 Å². The van der Waals surface area contributed by atoms with Gasteiger partial charge in [0.05, 0.1) is 0 Å². The Morgan fingerprint density at radius 3 is 0.750 bits per heavy atom. The highest BCUT2D eigenvalue weighted by molar-refractivity contribution is 5.82. The third-order valence-electron chi connectivity index (χ3n) is 7.07. The van der Waals surface area contributed by atoms with Crippen molar-refractivity contribution in [2.24, 2.45) is 0 Å². The van der Waals surface area contributed by atoms with E-state index in [0.717, 1.165) is 12.8 Å². The molecule has 0 heteroatoms. The monoisotopic (exact) mass is 460 g/mol. The fourth-order valence-corrected chi connectivity index (χ4v) is 5.29. The van der Waals surface area contributed by atoms with Gasteiger partial charge in [0.25, 0.3) is 0 Å². The smallest absolute Gasteiger partial charge is 0.00135 e. The van der Waals surface area contributed by atoms with Crippen LogP contribution >= 0.6 is 0 Å². The van der Waals surface area contributed by atoms with Crippen molar-refractivity contribution >= 4 is 10.8 Å². The molecule has 0 unspecified atom stereocenters. The highest BCUT2D eigenvalue weighted by atomic mass is 14.2. The third kappa shape index (κ3) is 4.46. The van der Waals surface area contributed by atoms with Gasteiger partial charge in [0.2, 0.25) is 0 Å². The Balaban J connectivity index is 0.000000101. The van der Waals surface area contributed by atoms with Crippen LogP contribution in [0.15, 0.2) is 146 Å². The Labute approximate surface area is 213 Å². The summed E-state index contributed by atoms with van der Waals surface area (Å²) >= 11 is 0. The third-order valence-corrected chi connectivity index (χ3v) is 7.07. The van der Waals surface area contributed by atoms with E-state index in [4.69, 9.17) is 0 Å². The molecule has 172 valence electrons. The molecule has 0 spiro atoms. The average molecular weight is 461 g/mol. The van der Waals surface area contributed by atoms with Crippen molar-refractivity contribution in [3.05, 3.63) is 168 Å². The SMILES string of the molecule is c1ccc2c(c1)Cc1ccccc1-2.c1ccc2c(c1)Cc1ccccc1-2.c1ccc2ccccc2c1. The Morgan fingerprint density at radius 2 is 0.472 bits per heavy atom. The predicted molar refractivity (Wildman–Crippen MR) is 153 cm³/mol. The summed E-state index contributed by atoms with van der Waals surface area (Å²) in [6.45, 7) is 0. The zero-order chi connectivity index (χ0) is 24.2. The Hall–Kier alpha value is -4.42. The van der Waals surface area contributed by atoms with E-state index in [0.29, 0.717) is 0 Å². The van der Waals surface area contributed by atoms with Crippen molar-refractivity contribution in [1.82, 2.24) is 0 Å². The van der Waals surface area contributed by atoms with Crippen molar-refractivity contribution in [2.45, 2.75) is 12.8 Å². The van der Waals surface area contributed by atoms with Crippen LogP contribution in [0.5, 0.6) is 0 Å². The van der Waals surface area contributed by atoms with Crippen LogP contribution in [0.3, 0.4) is 0 Å². The van der Waals surface area contributed by atoms with Gasteiger partial charge in [0.1, 0.15) is 0 Å². The number of fused-ring (bicyclic) bond motifs is 7.